The van der Waals surface area contributed by atoms with E-state index in [-0.39, 0.29) is 6.42 Å². The van der Waals surface area contributed by atoms with E-state index in [1.54, 1.807) is 0 Å². The maximum atomic E-state index is 11.1. The molecule has 134 valence electrons. The van der Waals surface area contributed by atoms with Crippen molar-refractivity contribution in [3.8, 4) is 0 Å². The first kappa shape index (κ1) is 18.2. The lowest BCUT2D eigenvalue weighted by Crippen LogP contribution is -2.20. The molecule has 0 saturated carbocycles. The van der Waals surface area contributed by atoms with E-state index >= 15 is 0 Å². The molecule has 0 radical (unpaired) electrons. The van der Waals surface area contributed by atoms with Gasteiger partial charge in [0.1, 0.15) is 0 Å². The molecule has 2 heteroatoms. The molecule has 0 aliphatic heterocycles. The fraction of sp³-hybridized carbons (Fsp3) is 0.292. The normalized spacial score (nSPS) is 21.5. The van der Waals surface area contributed by atoms with Crippen LogP contribution in [0.2, 0.25) is 0 Å². The van der Waals surface area contributed by atoms with Crippen molar-refractivity contribution in [2.45, 2.75) is 32.1 Å². The second-order valence-electron chi connectivity index (χ2n) is 6.99. The van der Waals surface area contributed by atoms with Crippen molar-refractivity contribution >= 4 is 5.97 Å². The van der Waals surface area contributed by atoms with Gasteiger partial charge in [-0.05, 0) is 48.6 Å². The number of benzene rings is 2. The topological polar surface area (TPSA) is 37.3 Å². The molecule has 0 amide bonds. The molecule has 0 saturated heterocycles. The fourth-order valence-electron chi connectivity index (χ4n) is 3.83. The Bertz CT molecular complexity index is 759. The van der Waals surface area contributed by atoms with Crippen molar-refractivity contribution < 1.29 is 9.90 Å². The van der Waals surface area contributed by atoms with Gasteiger partial charge in [-0.25, -0.2) is 0 Å². The van der Waals surface area contributed by atoms with Crippen LogP contribution in [0, 0.1) is 11.8 Å². The molecule has 0 spiro atoms. The first-order valence-electron chi connectivity index (χ1n) is 9.37. The van der Waals surface area contributed by atoms with Crippen LogP contribution in [0.3, 0.4) is 0 Å². The van der Waals surface area contributed by atoms with Crippen molar-refractivity contribution in [1.29, 1.82) is 0 Å². The highest BCUT2D eigenvalue weighted by molar-refractivity contribution is 5.68. The Morgan fingerprint density at radius 1 is 0.962 bits per heavy atom. The molecule has 1 N–H and O–H groups in total. The van der Waals surface area contributed by atoms with Crippen LogP contribution in [0.15, 0.2) is 84.5 Å². The number of hydrogen-bond acceptors (Lipinski definition) is 1. The summed E-state index contributed by atoms with van der Waals surface area (Å²) in [5.41, 5.74) is 3.94. The summed E-state index contributed by atoms with van der Waals surface area (Å²) in [6, 6.07) is 21.1. The Morgan fingerprint density at radius 3 is 2.19 bits per heavy atom. The summed E-state index contributed by atoms with van der Waals surface area (Å²) in [4.78, 5) is 11.1. The Kier molecular flexibility index (Phi) is 6.43. The molecule has 3 rings (SSSR count). The minimum atomic E-state index is -0.757. The number of allylic oxidation sites excluding steroid dienone is 3. The maximum absolute atomic E-state index is 11.1. The van der Waals surface area contributed by atoms with E-state index in [0.29, 0.717) is 11.8 Å². The van der Waals surface area contributed by atoms with Crippen LogP contribution in [0.4, 0.5) is 0 Å². The van der Waals surface area contributed by atoms with E-state index in [9.17, 15) is 4.79 Å². The highest BCUT2D eigenvalue weighted by atomic mass is 16.4. The SMILES string of the molecule is O=C(O)CC=C1CCC=CC(Cc2ccccc2)C1Cc1ccccc1. The minimum Gasteiger partial charge on any atom is -0.481 e. The van der Waals surface area contributed by atoms with Gasteiger partial charge < -0.3 is 5.11 Å². The van der Waals surface area contributed by atoms with Crippen molar-refractivity contribution in [3.05, 3.63) is 95.6 Å². The van der Waals surface area contributed by atoms with Crippen LogP contribution in [0.25, 0.3) is 0 Å². The lowest BCUT2D eigenvalue weighted by molar-refractivity contribution is -0.136. The monoisotopic (exact) mass is 346 g/mol. The molecular formula is C24H26O2. The second kappa shape index (κ2) is 9.19. The zero-order valence-electron chi connectivity index (χ0n) is 15.1. The van der Waals surface area contributed by atoms with E-state index in [4.69, 9.17) is 5.11 Å². The Balaban J connectivity index is 1.89. The number of hydrogen-bond donors (Lipinski definition) is 1. The Hall–Kier alpha value is -2.61. The predicted molar refractivity (Wildman–Crippen MR) is 106 cm³/mol. The summed E-state index contributed by atoms with van der Waals surface area (Å²) in [5, 5.41) is 9.13. The van der Waals surface area contributed by atoms with Crippen LogP contribution in [0.5, 0.6) is 0 Å². The van der Waals surface area contributed by atoms with Gasteiger partial charge >= 0.3 is 5.97 Å². The van der Waals surface area contributed by atoms with Crippen LogP contribution in [-0.2, 0) is 17.6 Å². The van der Waals surface area contributed by atoms with Crippen molar-refractivity contribution in [3.63, 3.8) is 0 Å². The van der Waals surface area contributed by atoms with Gasteiger partial charge in [0.05, 0.1) is 6.42 Å². The summed E-state index contributed by atoms with van der Waals surface area (Å²) in [7, 11) is 0. The number of carboxylic acid groups (broad SMARTS) is 1. The fourth-order valence-corrected chi connectivity index (χ4v) is 3.83. The molecule has 0 fully saturated rings. The lowest BCUT2D eigenvalue weighted by Gasteiger charge is -2.27. The summed E-state index contributed by atoms with van der Waals surface area (Å²) < 4.78 is 0. The van der Waals surface area contributed by atoms with Gasteiger partial charge in [0, 0.05) is 0 Å². The van der Waals surface area contributed by atoms with Gasteiger partial charge in [0.2, 0.25) is 0 Å². The number of carboxylic acids is 1. The van der Waals surface area contributed by atoms with Gasteiger partial charge in [-0.2, -0.15) is 0 Å². The molecule has 2 unspecified atom stereocenters. The molecule has 2 aromatic carbocycles. The van der Waals surface area contributed by atoms with Crippen molar-refractivity contribution in [1.82, 2.24) is 0 Å². The van der Waals surface area contributed by atoms with E-state index in [0.717, 1.165) is 25.7 Å². The number of rotatable bonds is 6. The summed E-state index contributed by atoms with van der Waals surface area (Å²) in [6.45, 7) is 0. The second-order valence-corrected chi connectivity index (χ2v) is 6.99. The minimum absolute atomic E-state index is 0.110. The molecule has 0 aromatic heterocycles. The first-order valence-corrected chi connectivity index (χ1v) is 9.37. The molecule has 2 aromatic rings. The Labute approximate surface area is 155 Å². The molecule has 0 heterocycles. The van der Waals surface area contributed by atoms with Gasteiger partial charge in [0.15, 0.2) is 0 Å². The summed E-state index contributed by atoms with van der Waals surface area (Å²) in [5.74, 6) is -0.0244. The van der Waals surface area contributed by atoms with E-state index in [1.807, 2.05) is 18.2 Å². The van der Waals surface area contributed by atoms with Crippen molar-refractivity contribution in [2.24, 2.45) is 11.8 Å². The van der Waals surface area contributed by atoms with E-state index in [2.05, 4.69) is 60.7 Å². The highest BCUT2D eigenvalue weighted by Crippen LogP contribution is 2.34. The van der Waals surface area contributed by atoms with Gasteiger partial charge in [-0.3, -0.25) is 4.79 Å². The molecule has 2 nitrogen and oxygen atoms in total. The molecule has 0 bridgehead atoms. The average Bonchev–Trinajstić information content (AvgIpc) is 2.84. The smallest absolute Gasteiger partial charge is 0.307 e. The third-order valence-corrected chi connectivity index (χ3v) is 5.13. The number of carbonyl (C=O) groups is 1. The lowest BCUT2D eigenvalue weighted by atomic mass is 9.78. The predicted octanol–water partition coefficient (Wildman–Crippen LogP) is 5.46. The molecule has 1 aliphatic carbocycles. The summed E-state index contributed by atoms with van der Waals surface area (Å²) >= 11 is 0. The average molecular weight is 346 g/mol. The zero-order chi connectivity index (χ0) is 18.2. The third-order valence-electron chi connectivity index (χ3n) is 5.13. The molecule has 26 heavy (non-hydrogen) atoms. The van der Waals surface area contributed by atoms with E-state index < -0.39 is 5.97 Å². The Morgan fingerprint density at radius 2 is 1.58 bits per heavy atom. The maximum Gasteiger partial charge on any atom is 0.307 e. The van der Waals surface area contributed by atoms with Crippen LogP contribution >= 0.6 is 0 Å². The zero-order valence-corrected chi connectivity index (χ0v) is 15.1. The quantitative estimate of drug-likeness (QED) is 0.706. The highest BCUT2D eigenvalue weighted by Gasteiger charge is 2.25. The van der Waals surface area contributed by atoms with Gasteiger partial charge in [-0.1, -0.05) is 84.5 Å². The largest absolute Gasteiger partial charge is 0.481 e. The van der Waals surface area contributed by atoms with Gasteiger partial charge in [-0.15, -0.1) is 0 Å². The number of aliphatic carboxylic acids is 1. The molecule has 1 aliphatic rings. The molecular weight excluding hydrogens is 320 g/mol. The van der Waals surface area contributed by atoms with Crippen LogP contribution in [0.1, 0.15) is 30.4 Å². The first-order chi connectivity index (χ1) is 12.7. The van der Waals surface area contributed by atoms with E-state index in [1.165, 1.54) is 16.7 Å². The van der Waals surface area contributed by atoms with Crippen LogP contribution < -0.4 is 0 Å². The standard InChI is InChI=1S/C24H26O2/c25-24(26)16-15-21-13-7-8-14-22(17-19-9-3-1-4-10-19)23(21)18-20-11-5-2-6-12-20/h1-6,8-12,14-15,22-23H,7,13,16-18H2,(H,25,26). The molecule has 2 atom stereocenters. The third kappa shape index (κ3) is 5.19. The summed E-state index contributed by atoms with van der Waals surface area (Å²) in [6.07, 6.45) is 10.6. The van der Waals surface area contributed by atoms with Gasteiger partial charge in [0.25, 0.3) is 0 Å². The van der Waals surface area contributed by atoms with Crippen molar-refractivity contribution in [2.75, 3.05) is 0 Å². The van der Waals surface area contributed by atoms with Crippen LogP contribution in [-0.4, -0.2) is 11.1 Å².